The molecule has 47 heavy (non-hydrogen) atoms. The highest BCUT2D eigenvalue weighted by Crippen LogP contribution is 2.74. The van der Waals surface area contributed by atoms with Crippen LogP contribution < -0.4 is 0 Å². The van der Waals surface area contributed by atoms with Crippen LogP contribution in [0.3, 0.4) is 0 Å². The van der Waals surface area contributed by atoms with Gasteiger partial charge in [0.15, 0.2) is 12.1 Å². The molecule has 0 aromatic rings. The van der Waals surface area contributed by atoms with Crippen molar-refractivity contribution in [3.05, 3.63) is 23.3 Å². The van der Waals surface area contributed by atoms with E-state index >= 15 is 0 Å². The summed E-state index contributed by atoms with van der Waals surface area (Å²) < 4.78 is 11.7. The maximum Gasteiger partial charge on any atom is 0.187 e. The Morgan fingerprint density at radius 3 is 2.32 bits per heavy atom. The summed E-state index contributed by atoms with van der Waals surface area (Å²) in [5, 5.41) is 73.9. The molecule has 0 bridgehead atoms. The molecule has 0 spiro atoms. The Balaban J connectivity index is 1.48. The van der Waals surface area contributed by atoms with Crippen LogP contribution in [0.25, 0.3) is 0 Å². The van der Waals surface area contributed by atoms with Gasteiger partial charge in [-0.1, -0.05) is 44.1 Å². The van der Waals surface area contributed by atoms with Gasteiger partial charge in [0.2, 0.25) is 0 Å². The number of ether oxygens (including phenoxy) is 2. The summed E-state index contributed by atoms with van der Waals surface area (Å²) in [6, 6.07) is 0. The summed E-state index contributed by atoms with van der Waals surface area (Å²) in [5.74, 6) is -1.41. The van der Waals surface area contributed by atoms with E-state index in [0.717, 1.165) is 11.1 Å². The van der Waals surface area contributed by atoms with Crippen molar-refractivity contribution in [2.45, 2.75) is 136 Å². The minimum Gasteiger partial charge on any atom is -0.394 e. The third-order valence-corrected chi connectivity index (χ3v) is 13.6. The molecule has 1 heterocycles. The Labute approximate surface area is 277 Å². The van der Waals surface area contributed by atoms with Gasteiger partial charge in [-0.05, 0) is 82.5 Å². The molecule has 14 unspecified atom stereocenters. The highest BCUT2D eigenvalue weighted by Gasteiger charge is 2.74. The summed E-state index contributed by atoms with van der Waals surface area (Å²) in [7, 11) is 0. The van der Waals surface area contributed by atoms with Crippen LogP contribution in [0.15, 0.2) is 23.3 Å². The molecule has 14 atom stereocenters. The lowest BCUT2D eigenvalue weighted by atomic mass is 9.38. The van der Waals surface area contributed by atoms with E-state index in [1.54, 1.807) is 20.8 Å². The first kappa shape index (κ1) is 36.7. The number of aliphatic hydroxyl groups excluding tert-OH is 6. The topological polar surface area (TPSA) is 194 Å². The Morgan fingerprint density at radius 1 is 1.04 bits per heavy atom. The zero-order valence-corrected chi connectivity index (χ0v) is 28.8. The third-order valence-electron chi connectivity index (χ3n) is 13.6. The van der Waals surface area contributed by atoms with Gasteiger partial charge < -0.3 is 45.2 Å². The molecule has 11 nitrogen and oxygen atoms in total. The zero-order chi connectivity index (χ0) is 35.1. The van der Waals surface area contributed by atoms with Crippen LogP contribution in [0.2, 0.25) is 0 Å². The molecule has 3 saturated carbocycles. The standard InChI is InChI=1S/C36H56O11/c1-18(16-37)9-8-12-35(6,45)29-21(39)14-33(4)24-11-10-19-20(36(24,7)25(40)15-34(29,33)5)13-22(30(44)32(19,2)3)46-31-28(43)27(42)26(41)23(17-38)47-31/h9-10,20-24,26-29,31,37-39,41-43,45H,8,11-17H2,1-7H3. The molecule has 0 amide bonds. The molecule has 4 fully saturated rings. The number of rotatable bonds is 8. The lowest BCUT2D eigenvalue weighted by Crippen LogP contribution is -2.65. The number of aliphatic hydroxyl groups is 7. The number of Topliss-reactive ketones (excluding diaryl/α,β-unsaturated/α-hetero) is 2. The van der Waals surface area contributed by atoms with Gasteiger partial charge in [0.25, 0.3) is 0 Å². The van der Waals surface area contributed by atoms with Crippen molar-refractivity contribution in [3.63, 3.8) is 0 Å². The molecule has 4 aliphatic carbocycles. The van der Waals surface area contributed by atoms with E-state index < -0.39 is 88.6 Å². The first-order chi connectivity index (χ1) is 21.7. The molecule has 266 valence electrons. The van der Waals surface area contributed by atoms with Gasteiger partial charge in [0.1, 0.15) is 36.3 Å². The zero-order valence-electron chi connectivity index (χ0n) is 28.8. The number of allylic oxidation sites excluding steroid dienone is 3. The van der Waals surface area contributed by atoms with E-state index in [1.165, 1.54) is 0 Å². The largest absolute Gasteiger partial charge is 0.394 e. The van der Waals surface area contributed by atoms with Crippen molar-refractivity contribution in [1.29, 1.82) is 0 Å². The molecule has 0 radical (unpaired) electrons. The Bertz CT molecular complexity index is 1300. The fourth-order valence-corrected chi connectivity index (χ4v) is 10.8. The summed E-state index contributed by atoms with van der Waals surface area (Å²) in [6.07, 6.45) is -3.41. The van der Waals surface area contributed by atoms with Crippen LogP contribution >= 0.6 is 0 Å². The number of fused-ring (bicyclic) bond motifs is 5. The molecule has 1 aliphatic heterocycles. The van der Waals surface area contributed by atoms with Crippen LogP contribution in [0.5, 0.6) is 0 Å². The van der Waals surface area contributed by atoms with E-state index in [-0.39, 0.29) is 36.9 Å². The van der Waals surface area contributed by atoms with Gasteiger partial charge in [-0.3, -0.25) is 9.59 Å². The molecule has 5 rings (SSSR count). The monoisotopic (exact) mass is 664 g/mol. The Morgan fingerprint density at radius 2 is 1.70 bits per heavy atom. The normalized spacial score (nSPS) is 47.9. The predicted molar refractivity (Wildman–Crippen MR) is 170 cm³/mol. The van der Waals surface area contributed by atoms with Crippen molar-refractivity contribution in [2.75, 3.05) is 13.2 Å². The fourth-order valence-electron chi connectivity index (χ4n) is 10.8. The quantitative estimate of drug-likeness (QED) is 0.186. The van der Waals surface area contributed by atoms with Crippen LogP contribution in [0.1, 0.15) is 87.0 Å². The highest BCUT2D eigenvalue weighted by molar-refractivity contribution is 5.94. The van der Waals surface area contributed by atoms with Crippen molar-refractivity contribution < 1.29 is 54.8 Å². The molecule has 1 saturated heterocycles. The smallest absolute Gasteiger partial charge is 0.187 e. The molecular weight excluding hydrogens is 608 g/mol. The lowest BCUT2D eigenvalue weighted by Gasteiger charge is -2.64. The number of hydrogen-bond acceptors (Lipinski definition) is 11. The number of ketones is 2. The van der Waals surface area contributed by atoms with Crippen molar-refractivity contribution in [2.24, 2.45) is 39.4 Å². The summed E-state index contributed by atoms with van der Waals surface area (Å²) in [4.78, 5) is 28.6. The SMILES string of the molecule is CC(=CCCC(C)(O)C1C(O)CC2(C)C3CC=C4C(CC(OC5OC(CO)C(O)C(O)C5O)C(=O)C4(C)C)C3(C)C(=O)CC12C)CO. The maximum absolute atomic E-state index is 14.7. The Hall–Kier alpha value is -1.54. The summed E-state index contributed by atoms with van der Waals surface area (Å²) in [6.45, 7) is 12.6. The van der Waals surface area contributed by atoms with E-state index in [4.69, 9.17) is 9.47 Å². The van der Waals surface area contributed by atoms with Gasteiger partial charge in [0.05, 0.1) is 24.9 Å². The molecule has 0 aromatic heterocycles. The lowest BCUT2D eigenvalue weighted by molar-refractivity contribution is -0.311. The second-order valence-electron chi connectivity index (χ2n) is 16.6. The first-order valence-electron chi connectivity index (χ1n) is 17.1. The van der Waals surface area contributed by atoms with Crippen LogP contribution in [0.4, 0.5) is 0 Å². The fraction of sp³-hybridized carbons (Fsp3) is 0.833. The average Bonchev–Trinajstić information content (AvgIpc) is 3.20. The first-order valence-corrected chi connectivity index (χ1v) is 17.1. The van der Waals surface area contributed by atoms with E-state index in [1.807, 2.05) is 26.8 Å². The van der Waals surface area contributed by atoms with Gasteiger partial charge >= 0.3 is 0 Å². The summed E-state index contributed by atoms with van der Waals surface area (Å²) in [5.41, 5.74) is -2.80. The highest BCUT2D eigenvalue weighted by atomic mass is 16.7. The van der Waals surface area contributed by atoms with Crippen LogP contribution in [0, 0.1) is 39.4 Å². The molecule has 5 aliphatic rings. The van der Waals surface area contributed by atoms with Gasteiger partial charge in [-0.2, -0.15) is 0 Å². The summed E-state index contributed by atoms with van der Waals surface area (Å²) >= 11 is 0. The number of carbonyl (C=O) groups excluding carboxylic acids is 2. The maximum atomic E-state index is 14.7. The average molecular weight is 665 g/mol. The third kappa shape index (κ3) is 5.43. The number of hydrogen-bond donors (Lipinski definition) is 7. The van der Waals surface area contributed by atoms with Crippen molar-refractivity contribution in [1.82, 2.24) is 0 Å². The molecule has 7 N–H and O–H groups in total. The van der Waals surface area contributed by atoms with E-state index in [0.29, 0.717) is 25.7 Å². The molecule has 11 heteroatoms. The van der Waals surface area contributed by atoms with E-state index in [2.05, 4.69) is 13.0 Å². The minimum absolute atomic E-state index is 0.0146. The molecule has 0 aromatic carbocycles. The van der Waals surface area contributed by atoms with E-state index in [9.17, 15) is 45.3 Å². The second-order valence-corrected chi connectivity index (χ2v) is 16.6. The minimum atomic E-state index is -1.67. The van der Waals surface area contributed by atoms with Crippen molar-refractivity contribution in [3.8, 4) is 0 Å². The second kappa shape index (κ2) is 12.3. The Kier molecular flexibility index (Phi) is 9.65. The number of carbonyl (C=O) groups is 2. The van der Waals surface area contributed by atoms with Gasteiger partial charge in [-0.15, -0.1) is 0 Å². The van der Waals surface area contributed by atoms with Gasteiger partial charge in [0, 0.05) is 23.2 Å². The van der Waals surface area contributed by atoms with Crippen molar-refractivity contribution >= 4 is 11.6 Å². The van der Waals surface area contributed by atoms with Crippen LogP contribution in [-0.4, -0.2) is 109 Å². The predicted octanol–water partition coefficient (Wildman–Crippen LogP) is 1.58. The van der Waals surface area contributed by atoms with Crippen LogP contribution in [-0.2, 0) is 19.1 Å². The van der Waals surface area contributed by atoms with Gasteiger partial charge in [-0.25, -0.2) is 0 Å². The molecular formula is C36H56O11.